The van der Waals surface area contributed by atoms with Gasteiger partial charge in [-0.05, 0) is 38.5 Å². The highest BCUT2D eigenvalue weighted by Gasteiger charge is 2.26. The number of hydrogen-bond donors (Lipinski definition) is 1. The Bertz CT molecular complexity index is 440. The number of nitrogens with two attached hydrogens (primary N) is 1. The summed E-state index contributed by atoms with van der Waals surface area (Å²) in [5.41, 5.74) is 8.55. The first-order valence-corrected chi connectivity index (χ1v) is 8.19. The number of aromatic nitrogens is 2. The smallest absolute Gasteiger partial charge is 0.135 e. The molecule has 2 aliphatic carbocycles. The van der Waals surface area contributed by atoms with E-state index in [0.717, 1.165) is 19.4 Å². The van der Waals surface area contributed by atoms with E-state index in [1.807, 2.05) is 0 Å². The van der Waals surface area contributed by atoms with Crippen LogP contribution >= 0.6 is 0 Å². The van der Waals surface area contributed by atoms with Crippen molar-refractivity contribution in [2.75, 3.05) is 18.0 Å². The first-order valence-electron chi connectivity index (χ1n) is 8.19. The van der Waals surface area contributed by atoms with Crippen molar-refractivity contribution in [3.8, 4) is 0 Å². The average molecular weight is 274 g/mol. The highest BCUT2D eigenvalue weighted by molar-refractivity contribution is 5.50. The first-order chi connectivity index (χ1) is 9.90. The maximum absolute atomic E-state index is 5.86. The van der Waals surface area contributed by atoms with Gasteiger partial charge in [0.2, 0.25) is 0 Å². The number of aryl methyl sites for hydroxylation is 1. The molecule has 1 aromatic rings. The third-order valence-electron chi connectivity index (χ3n) is 4.76. The molecule has 0 bridgehead atoms. The van der Waals surface area contributed by atoms with Crippen LogP contribution in [-0.4, -0.2) is 29.1 Å². The molecule has 20 heavy (non-hydrogen) atoms. The Kier molecular flexibility index (Phi) is 4.51. The van der Waals surface area contributed by atoms with Gasteiger partial charge >= 0.3 is 0 Å². The van der Waals surface area contributed by atoms with E-state index in [1.165, 1.54) is 62.0 Å². The van der Waals surface area contributed by atoms with Crippen molar-refractivity contribution in [3.63, 3.8) is 0 Å². The summed E-state index contributed by atoms with van der Waals surface area (Å²) in [6, 6.07) is 0.640. The van der Waals surface area contributed by atoms with E-state index >= 15 is 0 Å². The summed E-state index contributed by atoms with van der Waals surface area (Å²) in [5.74, 6) is 1.19. The summed E-state index contributed by atoms with van der Waals surface area (Å²) in [4.78, 5) is 11.7. The molecular weight excluding hydrogens is 248 g/mol. The summed E-state index contributed by atoms with van der Waals surface area (Å²) >= 11 is 0. The number of fused-ring (bicyclic) bond motifs is 1. The fourth-order valence-electron chi connectivity index (χ4n) is 3.74. The maximum Gasteiger partial charge on any atom is 0.135 e. The molecule has 1 fully saturated rings. The van der Waals surface area contributed by atoms with E-state index in [1.54, 1.807) is 6.33 Å². The van der Waals surface area contributed by atoms with Crippen LogP contribution in [0.1, 0.15) is 56.2 Å². The van der Waals surface area contributed by atoms with Gasteiger partial charge in [-0.3, -0.25) is 0 Å². The molecule has 1 saturated carbocycles. The Morgan fingerprint density at radius 2 is 1.85 bits per heavy atom. The SMILES string of the molecule is NCCN(c1ncnc2c1CCCCC2)C1CCCC1. The quantitative estimate of drug-likeness (QED) is 0.857. The molecule has 0 spiro atoms. The van der Waals surface area contributed by atoms with Crippen molar-refractivity contribution in [2.45, 2.75) is 63.8 Å². The van der Waals surface area contributed by atoms with Crippen LogP contribution in [-0.2, 0) is 12.8 Å². The Balaban J connectivity index is 1.93. The van der Waals surface area contributed by atoms with Crippen LogP contribution in [0.15, 0.2) is 6.33 Å². The number of anilines is 1. The minimum absolute atomic E-state index is 0.640. The molecule has 0 radical (unpaired) electrons. The summed E-state index contributed by atoms with van der Waals surface area (Å²) in [7, 11) is 0. The van der Waals surface area contributed by atoms with E-state index in [4.69, 9.17) is 5.73 Å². The molecule has 2 aliphatic rings. The van der Waals surface area contributed by atoms with Crippen molar-refractivity contribution in [3.05, 3.63) is 17.6 Å². The highest BCUT2D eigenvalue weighted by Crippen LogP contribution is 2.32. The van der Waals surface area contributed by atoms with Crippen molar-refractivity contribution in [1.82, 2.24) is 9.97 Å². The third-order valence-corrected chi connectivity index (χ3v) is 4.76. The molecular formula is C16H26N4. The van der Waals surface area contributed by atoms with Crippen LogP contribution in [0.4, 0.5) is 5.82 Å². The van der Waals surface area contributed by atoms with Gasteiger partial charge in [0.25, 0.3) is 0 Å². The van der Waals surface area contributed by atoms with Gasteiger partial charge in [-0.1, -0.05) is 19.3 Å². The van der Waals surface area contributed by atoms with E-state index in [0.29, 0.717) is 12.6 Å². The zero-order valence-corrected chi connectivity index (χ0v) is 12.4. The molecule has 4 nitrogen and oxygen atoms in total. The molecule has 0 unspecified atom stereocenters. The van der Waals surface area contributed by atoms with Gasteiger partial charge in [-0.25, -0.2) is 9.97 Å². The van der Waals surface area contributed by atoms with Crippen LogP contribution in [0.5, 0.6) is 0 Å². The zero-order chi connectivity index (χ0) is 13.8. The second-order valence-electron chi connectivity index (χ2n) is 6.10. The molecule has 0 atom stereocenters. The summed E-state index contributed by atoms with van der Waals surface area (Å²) in [6.07, 6.45) is 13.1. The lowest BCUT2D eigenvalue weighted by Crippen LogP contribution is -2.38. The monoisotopic (exact) mass is 274 g/mol. The Morgan fingerprint density at radius 3 is 2.65 bits per heavy atom. The second kappa shape index (κ2) is 6.53. The van der Waals surface area contributed by atoms with Crippen LogP contribution in [0, 0.1) is 0 Å². The first kappa shape index (κ1) is 13.8. The normalized spacial score (nSPS) is 19.6. The lowest BCUT2D eigenvalue weighted by molar-refractivity contribution is 0.597. The van der Waals surface area contributed by atoms with E-state index in [9.17, 15) is 0 Å². The molecule has 1 aromatic heterocycles. The second-order valence-corrected chi connectivity index (χ2v) is 6.10. The summed E-state index contributed by atoms with van der Waals surface area (Å²) in [6.45, 7) is 1.63. The Hall–Kier alpha value is -1.16. The van der Waals surface area contributed by atoms with Crippen LogP contribution in [0.2, 0.25) is 0 Å². The van der Waals surface area contributed by atoms with E-state index in [2.05, 4.69) is 14.9 Å². The van der Waals surface area contributed by atoms with Gasteiger partial charge in [-0.2, -0.15) is 0 Å². The molecule has 1 heterocycles. The summed E-state index contributed by atoms with van der Waals surface area (Å²) < 4.78 is 0. The molecule has 3 rings (SSSR count). The van der Waals surface area contributed by atoms with E-state index in [-0.39, 0.29) is 0 Å². The molecule has 0 saturated heterocycles. The maximum atomic E-state index is 5.86. The van der Waals surface area contributed by atoms with Crippen LogP contribution in [0.3, 0.4) is 0 Å². The number of hydrogen-bond acceptors (Lipinski definition) is 4. The van der Waals surface area contributed by atoms with Crippen molar-refractivity contribution < 1.29 is 0 Å². The third kappa shape index (κ3) is 2.80. The number of rotatable bonds is 4. The standard InChI is InChI=1S/C16H26N4/c17-10-11-20(13-6-4-5-7-13)16-14-8-2-1-3-9-15(14)18-12-19-16/h12-13H,1-11,17H2. The molecule has 0 aliphatic heterocycles. The highest BCUT2D eigenvalue weighted by atomic mass is 15.2. The summed E-state index contributed by atoms with van der Waals surface area (Å²) in [5, 5.41) is 0. The Morgan fingerprint density at radius 1 is 1.05 bits per heavy atom. The minimum Gasteiger partial charge on any atom is -0.352 e. The van der Waals surface area contributed by atoms with Gasteiger partial charge in [0.05, 0.1) is 0 Å². The Labute approximate surface area is 121 Å². The average Bonchev–Trinajstić information content (AvgIpc) is 2.89. The number of nitrogens with zero attached hydrogens (tertiary/aromatic N) is 3. The zero-order valence-electron chi connectivity index (χ0n) is 12.4. The molecule has 0 amide bonds. The predicted molar refractivity (Wildman–Crippen MR) is 81.9 cm³/mol. The largest absolute Gasteiger partial charge is 0.352 e. The molecule has 4 heteroatoms. The van der Waals surface area contributed by atoms with Crippen molar-refractivity contribution in [2.24, 2.45) is 5.73 Å². The van der Waals surface area contributed by atoms with Gasteiger partial charge in [0.15, 0.2) is 0 Å². The predicted octanol–water partition coefficient (Wildman–Crippen LogP) is 2.45. The molecule has 0 aromatic carbocycles. The van der Waals surface area contributed by atoms with Gasteiger partial charge in [0.1, 0.15) is 12.1 Å². The lowest BCUT2D eigenvalue weighted by atomic mass is 10.1. The van der Waals surface area contributed by atoms with Crippen LogP contribution < -0.4 is 10.6 Å². The fraction of sp³-hybridized carbons (Fsp3) is 0.750. The van der Waals surface area contributed by atoms with E-state index < -0.39 is 0 Å². The topological polar surface area (TPSA) is 55.0 Å². The minimum atomic E-state index is 0.640. The van der Waals surface area contributed by atoms with Crippen molar-refractivity contribution in [1.29, 1.82) is 0 Å². The molecule has 2 N–H and O–H groups in total. The van der Waals surface area contributed by atoms with Crippen molar-refractivity contribution >= 4 is 5.82 Å². The van der Waals surface area contributed by atoms with Gasteiger partial charge in [0, 0.05) is 30.4 Å². The van der Waals surface area contributed by atoms with Gasteiger partial charge < -0.3 is 10.6 Å². The van der Waals surface area contributed by atoms with Crippen LogP contribution in [0.25, 0.3) is 0 Å². The fourth-order valence-corrected chi connectivity index (χ4v) is 3.74. The van der Waals surface area contributed by atoms with Gasteiger partial charge in [-0.15, -0.1) is 0 Å². The lowest BCUT2D eigenvalue weighted by Gasteiger charge is -2.31. The molecule has 110 valence electrons.